The van der Waals surface area contributed by atoms with Crippen molar-refractivity contribution in [1.29, 1.82) is 0 Å². The lowest BCUT2D eigenvalue weighted by molar-refractivity contribution is 0.171. The maximum absolute atomic E-state index is 10.1. The number of halogens is 1. The summed E-state index contributed by atoms with van der Waals surface area (Å²) in [5.41, 5.74) is 0.671. The van der Waals surface area contributed by atoms with E-state index in [9.17, 15) is 5.11 Å². The predicted molar refractivity (Wildman–Crippen MR) is 72.4 cm³/mol. The van der Waals surface area contributed by atoms with Gasteiger partial charge in [0, 0.05) is 23.7 Å². The molecule has 1 rings (SSSR count). The first-order valence-corrected chi connectivity index (χ1v) is 5.90. The second-order valence-corrected chi connectivity index (χ2v) is 4.31. The standard InChI is InChI=1S/C13H18ClNO3/c1-9(14)7-15-8-12(16)11-6-10(17-2)4-5-13(11)18-3/h4-6,12,15-16H,1,7-8H2,2-3H3. The van der Waals surface area contributed by atoms with Gasteiger partial charge < -0.3 is 19.9 Å². The zero-order valence-electron chi connectivity index (χ0n) is 10.6. The summed E-state index contributed by atoms with van der Waals surface area (Å²) < 4.78 is 10.3. The molecule has 1 unspecified atom stereocenters. The van der Waals surface area contributed by atoms with Crippen molar-refractivity contribution in [2.75, 3.05) is 27.3 Å². The van der Waals surface area contributed by atoms with Gasteiger partial charge in [-0.15, -0.1) is 0 Å². The normalized spacial score (nSPS) is 12.0. The van der Waals surface area contributed by atoms with E-state index in [4.69, 9.17) is 21.1 Å². The number of ether oxygens (including phenoxy) is 2. The maximum atomic E-state index is 10.1. The number of rotatable bonds is 7. The third-order valence-corrected chi connectivity index (χ3v) is 2.58. The zero-order chi connectivity index (χ0) is 13.5. The molecule has 0 spiro atoms. The van der Waals surface area contributed by atoms with Crippen molar-refractivity contribution < 1.29 is 14.6 Å². The second-order valence-electron chi connectivity index (χ2n) is 3.77. The van der Waals surface area contributed by atoms with Crippen LogP contribution >= 0.6 is 11.6 Å². The Hall–Kier alpha value is -1.23. The van der Waals surface area contributed by atoms with Gasteiger partial charge in [0.15, 0.2) is 0 Å². The van der Waals surface area contributed by atoms with Gasteiger partial charge in [0.25, 0.3) is 0 Å². The fourth-order valence-electron chi connectivity index (χ4n) is 1.55. The average molecular weight is 272 g/mol. The SMILES string of the molecule is C=C(Cl)CNCC(O)c1cc(OC)ccc1OC. The molecular weight excluding hydrogens is 254 g/mol. The van der Waals surface area contributed by atoms with Gasteiger partial charge in [-0.1, -0.05) is 18.2 Å². The van der Waals surface area contributed by atoms with E-state index in [0.717, 1.165) is 0 Å². The molecule has 18 heavy (non-hydrogen) atoms. The lowest BCUT2D eigenvalue weighted by Gasteiger charge is -2.16. The molecule has 1 atom stereocenters. The molecule has 0 amide bonds. The van der Waals surface area contributed by atoms with Crippen molar-refractivity contribution >= 4 is 11.6 Å². The number of nitrogens with one attached hydrogen (secondary N) is 1. The summed E-state index contributed by atoms with van der Waals surface area (Å²) in [4.78, 5) is 0. The quantitative estimate of drug-likeness (QED) is 0.797. The van der Waals surface area contributed by atoms with Crippen LogP contribution in [0.1, 0.15) is 11.7 Å². The highest BCUT2D eigenvalue weighted by molar-refractivity contribution is 6.29. The number of benzene rings is 1. The van der Waals surface area contributed by atoms with Crippen LogP contribution in [0.5, 0.6) is 11.5 Å². The van der Waals surface area contributed by atoms with Gasteiger partial charge in [0.2, 0.25) is 0 Å². The van der Waals surface area contributed by atoms with Crippen molar-refractivity contribution in [3.63, 3.8) is 0 Å². The molecule has 5 heteroatoms. The van der Waals surface area contributed by atoms with E-state index in [0.29, 0.717) is 35.2 Å². The van der Waals surface area contributed by atoms with Gasteiger partial charge >= 0.3 is 0 Å². The predicted octanol–water partition coefficient (Wildman–Crippen LogP) is 2.08. The summed E-state index contributed by atoms with van der Waals surface area (Å²) in [5, 5.41) is 13.6. The topological polar surface area (TPSA) is 50.7 Å². The molecule has 0 aromatic heterocycles. The van der Waals surface area contributed by atoms with Crippen LogP contribution in [-0.2, 0) is 0 Å². The average Bonchev–Trinajstić information content (AvgIpc) is 2.37. The van der Waals surface area contributed by atoms with Crippen LogP contribution in [0.4, 0.5) is 0 Å². The highest BCUT2D eigenvalue weighted by Crippen LogP contribution is 2.28. The van der Waals surface area contributed by atoms with Crippen LogP contribution in [0.15, 0.2) is 29.8 Å². The smallest absolute Gasteiger partial charge is 0.124 e. The number of methoxy groups -OCH3 is 2. The maximum Gasteiger partial charge on any atom is 0.124 e. The Bertz CT molecular complexity index is 409. The highest BCUT2D eigenvalue weighted by Gasteiger charge is 2.14. The molecule has 0 saturated heterocycles. The van der Waals surface area contributed by atoms with Gasteiger partial charge in [-0.3, -0.25) is 0 Å². The molecule has 0 saturated carbocycles. The van der Waals surface area contributed by atoms with Gasteiger partial charge in [-0.25, -0.2) is 0 Å². The summed E-state index contributed by atoms with van der Waals surface area (Å²) in [6, 6.07) is 5.29. The van der Waals surface area contributed by atoms with Crippen molar-refractivity contribution in [1.82, 2.24) is 5.32 Å². The molecule has 2 N–H and O–H groups in total. The number of hydrogen-bond acceptors (Lipinski definition) is 4. The van der Waals surface area contributed by atoms with Gasteiger partial charge in [-0.05, 0) is 18.2 Å². The largest absolute Gasteiger partial charge is 0.497 e. The van der Waals surface area contributed by atoms with Gasteiger partial charge in [-0.2, -0.15) is 0 Å². The minimum atomic E-state index is -0.703. The first-order valence-electron chi connectivity index (χ1n) is 5.52. The lowest BCUT2D eigenvalue weighted by Crippen LogP contribution is -2.22. The fraction of sp³-hybridized carbons (Fsp3) is 0.385. The zero-order valence-corrected chi connectivity index (χ0v) is 11.3. The first-order chi connectivity index (χ1) is 8.58. The van der Waals surface area contributed by atoms with Crippen molar-refractivity contribution in [2.24, 2.45) is 0 Å². The monoisotopic (exact) mass is 271 g/mol. The van der Waals surface area contributed by atoms with Crippen LogP contribution in [-0.4, -0.2) is 32.4 Å². The highest BCUT2D eigenvalue weighted by atomic mass is 35.5. The van der Waals surface area contributed by atoms with E-state index in [1.54, 1.807) is 32.4 Å². The minimum Gasteiger partial charge on any atom is -0.497 e. The number of aliphatic hydroxyl groups is 1. The fourth-order valence-corrected chi connectivity index (χ4v) is 1.65. The molecule has 4 nitrogen and oxygen atoms in total. The molecule has 0 radical (unpaired) electrons. The second kappa shape index (κ2) is 7.26. The summed E-state index contributed by atoms with van der Waals surface area (Å²) in [5.74, 6) is 1.29. The van der Waals surface area contributed by atoms with E-state index in [1.807, 2.05) is 0 Å². The van der Waals surface area contributed by atoms with E-state index in [2.05, 4.69) is 11.9 Å². The van der Waals surface area contributed by atoms with Crippen molar-refractivity contribution in [3.05, 3.63) is 35.4 Å². The summed E-state index contributed by atoms with van der Waals surface area (Å²) in [6.07, 6.45) is -0.703. The third-order valence-electron chi connectivity index (χ3n) is 2.45. The Kier molecular flexibility index (Phi) is 5.98. The molecule has 100 valence electrons. The van der Waals surface area contributed by atoms with Crippen LogP contribution < -0.4 is 14.8 Å². The van der Waals surface area contributed by atoms with Gasteiger partial charge in [0.1, 0.15) is 11.5 Å². The molecule has 0 heterocycles. The van der Waals surface area contributed by atoms with E-state index >= 15 is 0 Å². The lowest BCUT2D eigenvalue weighted by atomic mass is 10.1. The Morgan fingerprint density at radius 3 is 2.72 bits per heavy atom. The molecule has 1 aromatic rings. The summed E-state index contributed by atoms with van der Waals surface area (Å²) in [7, 11) is 3.14. The van der Waals surface area contributed by atoms with Crippen LogP contribution in [0.3, 0.4) is 0 Å². The Labute approximate surface area is 112 Å². The Morgan fingerprint density at radius 1 is 1.44 bits per heavy atom. The van der Waals surface area contributed by atoms with E-state index in [-0.39, 0.29) is 0 Å². The number of aliphatic hydroxyl groups excluding tert-OH is 1. The minimum absolute atomic E-state index is 0.356. The molecule has 0 bridgehead atoms. The molecule has 0 aliphatic carbocycles. The van der Waals surface area contributed by atoms with E-state index < -0.39 is 6.10 Å². The van der Waals surface area contributed by atoms with Crippen LogP contribution in [0.2, 0.25) is 0 Å². The Morgan fingerprint density at radius 2 is 2.17 bits per heavy atom. The molecule has 0 aliphatic rings. The molecule has 1 aromatic carbocycles. The Balaban J connectivity index is 2.75. The molecule has 0 fully saturated rings. The van der Waals surface area contributed by atoms with Gasteiger partial charge in [0.05, 0.1) is 20.3 Å². The first kappa shape index (κ1) is 14.8. The molecular formula is C13H18ClNO3. The van der Waals surface area contributed by atoms with Crippen LogP contribution in [0, 0.1) is 0 Å². The van der Waals surface area contributed by atoms with Crippen LogP contribution in [0.25, 0.3) is 0 Å². The van der Waals surface area contributed by atoms with Crippen molar-refractivity contribution in [2.45, 2.75) is 6.10 Å². The molecule has 0 aliphatic heterocycles. The summed E-state index contributed by atoms with van der Waals surface area (Å²) in [6.45, 7) is 4.37. The summed E-state index contributed by atoms with van der Waals surface area (Å²) >= 11 is 5.63. The van der Waals surface area contributed by atoms with Crippen molar-refractivity contribution in [3.8, 4) is 11.5 Å². The number of hydrogen-bond donors (Lipinski definition) is 2. The van der Waals surface area contributed by atoms with E-state index in [1.165, 1.54) is 0 Å². The third kappa shape index (κ3) is 4.22.